The normalized spacial score (nSPS) is 11.1. The number of nitrogens with zero attached hydrogens (tertiary/aromatic N) is 4. The standard InChI is InChI=1S/C20H15F2N5O/c21-18(22)17-9-16(14-6-2-1-3-7-14)26-19-15(12-25-27(17)19)20(28)24-11-13-5-4-8-23-10-13/h1-10,12,18H,11H2,(H,24,28). The van der Waals surface area contributed by atoms with Gasteiger partial charge in [0.05, 0.1) is 11.9 Å². The lowest BCUT2D eigenvalue weighted by Crippen LogP contribution is -2.23. The van der Waals surface area contributed by atoms with Gasteiger partial charge in [-0.15, -0.1) is 0 Å². The lowest BCUT2D eigenvalue weighted by atomic mass is 10.1. The summed E-state index contributed by atoms with van der Waals surface area (Å²) in [5.41, 5.74) is 1.73. The Balaban J connectivity index is 1.73. The predicted octanol–water partition coefficient (Wildman–Crippen LogP) is 3.66. The van der Waals surface area contributed by atoms with E-state index >= 15 is 0 Å². The summed E-state index contributed by atoms with van der Waals surface area (Å²) < 4.78 is 28.2. The molecule has 8 heteroatoms. The number of nitrogens with one attached hydrogen (secondary N) is 1. The van der Waals surface area contributed by atoms with E-state index in [0.29, 0.717) is 11.3 Å². The molecule has 0 atom stereocenters. The van der Waals surface area contributed by atoms with E-state index in [2.05, 4.69) is 20.4 Å². The van der Waals surface area contributed by atoms with E-state index < -0.39 is 12.3 Å². The van der Waals surface area contributed by atoms with Crippen LogP contribution >= 0.6 is 0 Å². The molecule has 0 saturated carbocycles. The predicted molar refractivity (Wildman–Crippen MR) is 98.8 cm³/mol. The van der Waals surface area contributed by atoms with Gasteiger partial charge < -0.3 is 5.32 Å². The molecule has 1 amide bonds. The van der Waals surface area contributed by atoms with E-state index in [-0.39, 0.29) is 23.4 Å². The molecule has 6 nitrogen and oxygen atoms in total. The largest absolute Gasteiger partial charge is 0.348 e. The lowest BCUT2D eigenvalue weighted by molar-refractivity contribution is 0.0952. The highest BCUT2D eigenvalue weighted by molar-refractivity contribution is 5.99. The van der Waals surface area contributed by atoms with Crippen LogP contribution in [0.4, 0.5) is 8.78 Å². The van der Waals surface area contributed by atoms with Crippen molar-refractivity contribution in [2.45, 2.75) is 13.0 Å². The summed E-state index contributed by atoms with van der Waals surface area (Å²) in [5.74, 6) is -0.447. The summed E-state index contributed by atoms with van der Waals surface area (Å²) in [6, 6.07) is 13.8. The van der Waals surface area contributed by atoms with Crippen molar-refractivity contribution in [2.75, 3.05) is 0 Å². The first-order valence-corrected chi connectivity index (χ1v) is 8.53. The Morgan fingerprint density at radius 2 is 1.93 bits per heavy atom. The smallest absolute Gasteiger partial charge is 0.280 e. The average molecular weight is 379 g/mol. The SMILES string of the molecule is O=C(NCc1cccnc1)c1cnn2c(C(F)F)cc(-c3ccccc3)nc12. The Morgan fingerprint density at radius 1 is 1.11 bits per heavy atom. The number of rotatable bonds is 5. The van der Waals surface area contributed by atoms with Gasteiger partial charge in [-0.2, -0.15) is 5.10 Å². The molecule has 0 spiro atoms. The number of alkyl halides is 2. The number of amides is 1. The molecule has 0 unspecified atom stereocenters. The fraction of sp³-hybridized carbons (Fsp3) is 0.100. The highest BCUT2D eigenvalue weighted by atomic mass is 19.3. The zero-order valence-corrected chi connectivity index (χ0v) is 14.6. The second kappa shape index (κ2) is 7.51. The first kappa shape index (κ1) is 17.7. The number of hydrogen-bond donors (Lipinski definition) is 1. The maximum atomic E-state index is 13.6. The first-order chi connectivity index (χ1) is 13.6. The maximum absolute atomic E-state index is 13.6. The molecule has 0 bridgehead atoms. The van der Waals surface area contributed by atoms with Crippen molar-refractivity contribution in [3.8, 4) is 11.3 Å². The number of hydrogen-bond acceptors (Lipinski definition) is 4. The van der Waals surface area contributed by atoms with Gasteiger partial charge in [-0.3, -0.25) is 9.78 Å². The van der Waals surface area contributed by atoms with Gasteiger partial charge >= 0.3 is 0 Å². The number of halogens is 2. The van der Waals surface area contributed by atoms with Crippen molar-refractivity contribution < 1.29 is 13.6 Å². The van der Waals surface area contributed by atoms with Crippen LogP contribution in [0.1, 0.15) is 28.0 Å². The zero-order chi connectivity index (χ0) is 19.5. The average Bonchev–Trinajstić information content (AvgIpc) is 3.16. The van der Waals surface area contributed by atoms with Crippen LogP contribution in [0.15, 0.2) is 67.1 Å². The molecule has 140 valence electrons. The lowest BCUT2D eigenvalue weighted by Gasteiger charge is -2.09. The summed E-state index contributed by atoms with van der Waals surface area (Å²) in [6.07, 6.45) is 1.76. The Labute approximate surface area is 158 Å². The molecular weight excluding hydrogens is 364 g/mol. The van der Waals surface area contributed by atoms with Crippen molar-refractivity contribution in [3.63, 3.8) is 0 Å². The number of pyridine rings is 1. The number of fused-ring (bicyclic) bond motifs is 1. The second-order valence-electron chi connectivity index (χ2n) is 6.07. The number of carbonyl (C=O) groups is 1. The molecule has 0 saturated heterocycles. The van der Waals surface area contributed by atoms with Crippen molar-refractivity contribution >= 4 is 11.6 Å². The minimum absolute atomic E-state index is 0.0836. The van der Waals surface area contributed by atoms with Gasteiger partial charge in [0.25, 0.3) is 12.3 Å². The monoisotopic (exact) mass is 379 g/mol. The molecule has 4 rings (SSSR count). The second-order valence-corrected chi connectivity index (χ2v) is 6.07. The summed E-state index contributed by atoms with van der Waals surface area (Å²) >= 11 is 0. The van der Waals surface area contributed by atoms with Crippen molar-refractivity contribution in [1.29, 1.82) is 0 Å². The first-order valence-electron chi connectivity index (χ1n) is 8.53. The Morgan fingerprint density at radius 3 is 2.64 bits per heavy atom. The van der Waals surface area contributed by atoms with Crippen LogP contribution in [0.5, 0.6) is 0 Å². The molecule has 3 heterocycles. The molecule has 0 aliphatic heterocycles. The van der Waals surface area contributed by atoms with E-state index in [9.17, 15) is 13.6 Å². The van der Waals surface area contributed by atoms with E-state index in [0.717, 1.165) is 10.1 Å². The molecule has 0 radical (unpaired) electrons. The molecular formula is C20H15F2N5O. The molecule has 0 fully saturated rings. The minimum Gasteiger partial charge on any atom is -0.348 e. The fourth-order valence-corrected chi connectivity index (χ4v) is 2.84. The van der Waals surface area contributed by atoms with Crippen LogP contribution in [-0.4, -0.2) is 25.5 Å². The van der Waals surface area contributed by atoms with Gasteiger partial charge in [0.15, 0.2) is 5.65 Å². The molecule has 1 aromatic carbocycles. The molecule has 3 aromatic heterocycles. The van der Waals surface area contributed by atoms with Gasteiger partial charge in [0.2, 0.25) is 0 Å². The maximum Gasteiger partial charge on any atom is 0.280 e. The topological polar surface area (TPSA) is 72.2 Å². The third kappa shape index (κ3) is 3.44. The van der Waals surface area contributed by atoms with E-state index in [4.69, 9.17) is 0 Å². The minimum atomic E-state index is -2.76. The molecule has 0 aliphatic carbocycles. The summed E-state index contributed by atoms with van der Waals surface area (Å²) in [4.78, 5) is 21.0. The molecule has 1 N–H and O–H groups in total. The fourth-order valence-electron chi connectivity index (χ4n) is 2.84. The summed E-state index contributed by atoms with van der Waals surface area (Å²) in [5, 5.41) is 6.69. The van der Waals surface area contributed by atoms with Crippen LogP contribution in [0.3, 0.4) is 0 Å². The van der Waals surface area contributed by atoms with Crippen LogP contribution < -0.4 is 5.32 Å². The van der Waals surface area contributed by atoms with Crippen LogP contribution in [0.25, 0.3) is 16.9 Å². The van der Waals surface area contributed by atoms with E-state index in [1.165, 1.54) is 12.3 Å². The number of carbonyl (C=O) groups excluding carboxylic acids is 1. The van der Waals surface area contributed by atoms with E-state index in [1.807, 2.05) is 12.1 Å². The van der Waals surface area contributed by atoms with Crippen molar-refractivity contribution in [2.24, 2.45) is 0 Å². The molecule has 28 heavy (non-hydrogen) atoms. The van der Waals surface area contributed by atoms with Gasteiger partial charge in [0.1, 0.15) is 11.3 Å². The van der Waals surface area contributed by atoms with E-state index in [1.54, 1.807) is 42.7 Å². The van der Waals surface area contributed by atoms with Gasteiger partial charge in [-0.05, 0) is 17.7 Å². The van der Waals surface area contributed by atoms with Gasteiger partial charge in [0, 0.05) is 24.5 Å². The third-order valence-electron chi connectivity index (χ3n) is 4.21. The molecule has 4 aromatic rings. The Bertz CT molecular complexity index is 1110. The summed E-state index contributed by atoms with van der Waals surface area (Å²) in [6.45, 7) is 0.254. The van der Waals surface area contributed by atoms with Gasteiger partial charge in [-0.1, -0.05) is 36.4 Å². The number of benzene rings is 1. The van der Waals surface area contributed by atoms with Crippen molar-refractivity contribution in [1.82, 2.24) is 24.9 Å². The third-order valence-corrected chi connectivity index (χ3v) is 4.21. The molecule has 0 aliphatic rings. The van der Waals surface area contributed by atoms with Crippen LogP contribution in [0, 0.1) is 0 Å². The highest BCUT2D eigenvalue weighted by Crippen LogP contribution is 2.26. The zero-order valence-electron chi connectivity index (χ0n) is 14.6. The summed E-state index contributed by atoms with van der Waals surface area (Å²) in [7, 11) is 0. The Kier molecular flexibility index (Phi) is 4.76. The van der Waals surface area contributed by atoms with Crippen LogP contribution in [-0.2, 0) is 6.54 Å². The quantitative estimate of drug-likeness (QED) is 0.574. The van der Waals surface area contributed by atoms with Crippen LogP contribution in [0.2, 0.25) is 0 Å². The number of aromatic nitrogens is 4. The van der Waals surface area contributed by atoms with Crippen molar-refractivity contribution in [3.05, 3.63) is 83.9 Å². The Hall–Kier alpha value is -3.68. The highest BCUT2D eigenvalue weighted by Gasteiger charge is 2.21. The van der Waals surface area contributed by atoms with Gasteiger partial charge in [-0.25, -0.2) is 18.3 Å².